The van der Waals surface area contributed by atoms with Gasteiger partial charge in [0.2, 0.25) is 0 Å². The summed E-state index contributed by atoms with van der Waals surface area (Å²) in [5.74, 6) is 0.963. The number of rotatable bonds is 7. The molecule has 19 heavy (non-hydrogen) atoms. The molecule has 2 fully saturated rings. The van der Waals surface area contributed by atoms with Crippen molar-refractivity contribution in [1.29, 1.82) is 0 Å². The van der Waals surface area contributed by atoms with Crippen molar-refractivity contribution in [3.05, 3.63) is 0 Å². The summed E-state index contributed by atoms with van der Waals surface area (Å²) < 4.78 is 0. The molecule has 1 aliphatic carbocycles. The molecule has 0 amide bonds. The van der Waals surface area contributed by atoms with E-state index in [9.17, 15) is 0 Å². The van der Waals surface area contributed by atoms with E-state index in [4.69, 9.17) is 0 Å². The van der Waals surface area contributed by atoms with E-state index in [1.54, 1.807) is 0 Å². The summed E-state index contributed by atoms with van der Waals surface area (Å²) in [5.41, 5.74) is 0. The highest BCUT2D eigenvalue weighted by atomic mass is 15.2. The Balaban J connectivity index is 1.89. The average molecular weight is 267 g/mol. The first kappa shape index (κ1) is 15.3. The fourth-order valence-electron chi connectivity index (χ4n) is 3.38. The molecule has 0 bridgehead atoms. The first-order chi connectivity index (χ1) is 9.24. The lowest BCUT2D eigenvalue weighted by atomic mass is 10.1. The van der Waals surface area contributed by atoms with Crippen LogP contribution in [0.15, 0.2) is 0 Å². The minimum absolute atomic E-state index is 0.748. The van der Waals surface area contributed by atoms with Gasteiger partial charge in [0.25, 0.3) is 0 Å². The molecule has 2 unspecified atom stereocenters. The molecule has 0 radical (unpaired) electrons. The third-order valence-electron chi connectivity index (χ3n) is 4.77. The predicted octanol–water partition coefficient (Wildman–Crippen LogP) is 2.18. The van der Waals surface area contributed by atoms with Crippen molar-refractivity contribution in [2.45, 2.75) is 58.0 Å². The Labute approximate surface area is 119 Å². The fraction of sp³-hybridized carbons (Fsp3) is 1.00. The van der Waals surface area contributed by atoms with Gasteiger partial charge < -0.3 is 10.2 Å². The van der Waals surface area contributed by atoms with Gasteiger partial charge in [-0.15, -0.1) is 0 Å². The quantitative estimate of drug-likeness (QED) is 0.763. The lowest BCUT2D eigenvalue weighted by molar-refractivity contribution is 0.160. The highest BCUT2D eigenvalue weighted by Crippen LogP contribution is 2.33. The van der Waals surface area contributed by atoms with E-state index in [2.05, 4.69) is 36.0 Å². The number of hydrogen-bond donors (Lipinski definition) is 1. The van der Waals surface area contributed by atoms with E-state index in [0.29, 0.717) is 0 Å². The van der Waals surface area contributed by atoms with Crippen LogP contribution in [-0.2, 0) is 0 Å². The third-order valence-corrected chi connectivity index (χ3v) is 4.77. The van der Waals surface area contributed by atoms with Gasteiger partial charge in [-0.1, -0.05) is 13.8 Å². The molecule has 0 aromatic heterocycles. The largest absolute Gasteiger partial charge is 0.312 e. The van der Waals surface area contributed by atoms with E-state index < -0.39 is 0 Å². The Morgan fingerprint density at radius 3 is 2.63 bits per heavy atom. The van der Waals surface area contributed by atoms with Crippen LogP contribution in [0.3, 0.4) is 0 Å². The second-order valence-electron chi connectivity index (χ2n) is 6.57. The Kier molecular flexibility index (Phi) is 6.11. The summed E-state index contributed by atoms with van der Waals surface area (Å²) in [4.78, 5) is 5.29. The zero-order valence-corrected chi connectivity index (χ0v) is 13.2. The minimum Gasteiger partial charge on any atom is -0.312 e. The third kappa shape index (κ3) is 4.73. The van der Waals surface area contributed by atoms with E-state index in [0.717, 1.165) is 18.0 Å². The standard InChI is InChI=1S/C16H33N3/c1-4-9-17-16(14-7-8-14)13-19-11-6-10-18(3)12-15(19)5-2/h14-17H,4-13H2,1-3H3. The summed E-state index contributed by atoms with van der Waals surface area (Å²) >= 11 is 0. The van der Waals surface area contributed by atoms with Gasteiger partial charge in [0.05, 0.1) is 0 Å². The van der Waals surface area contributed by atoms with Crippen molar-refractivity contribution in [3.63, 3.8) is 0 Å². The van der Waals surface area contributed by atoms with E-state index >= 15 is 0 Å². The van der Waals surface area contributed by atoms with Gasteiger partial charge in [0.15, 0.2) is 0 Å². The SMILES string of the molecule is CCCNC(CN1CCCN(C)CC1CC)C1CC1. The number of nitrogens with zero attached hydrogens (tertiary/aromatic N) is 2. The second-order valence-corrected chi connectivity index (χ2v) is 6.57. The van der Waals surface area contributed by atoms with Crippen molar-refractivity contribution < 1.29 is 0 Å². The van der Waals surface area contributed by atoms with Gasteiger partial charge in [0.1, 0.15) is 0 Å². The Hall–Kier alpha value is -0.120. The molecular formula is C16H33N3. The molecule has 112 valence electrons. The molecule has 1 heterocycles. The molecular weight excluding hydrogens is 234 g/mol. The molecule has 2 aliphatic rings. The molecule has 1 saturated heterocycles. The summed E-state index contributed by atoms with van der Waals surface area (Å²) in [6.07, 6.45) is 6.77. The second kappa shape index (κ2) is 7.61. The first-order valence-electron chi connectivity index (χ1n) is 8.40. The minimum atomic E-state index is 0.748. The van der Waals surface area contributed by atoms with Crippen LogP contribution in [-0.4, -0.2) is 61.7 Å². The molecule has 1 saturated carbocycles. The van der Waals surface area contributed by atoms with Crippen LogP contribution in [0, 0.1) is 5.92 Å². The van der Waals surface area contributed by atoms with E-state index in [-0.39, 0.29) is 0 Å². The number of nitrogens with one attached hydrogen (secondary N) is 1. The molecule has 3 nitrogen and oxygen atoms in total. The maximum atomic E-state index is 3.80. The molecule has 0 spiro atoms. The topological polar surface area (TPSA) is 18.5 Å². The van der Waals surface area contributed by atoms with Gasteiger partial charge in [0, 0.05) is 25.2 Å². The van der Waals surface area contributed by atoms with Crippen LogP contribution in [0.25, 0.3) is 0 Å². The fourth-order valence-corrected chi connectivity index (χ4v) is 3.38. The molecule has 2 rings (SSSR count). The van der Waals surface area contributed by atoms with Crippen molar-refractivity contribution in [1.82, 2.24) is 15.1 Å². The maximum absolute atomic E-state index is 3.80. The van der Waals surface area contributed by atoms with Crippen LogP contribution < -0.4 is 5.32 Å². The number of hydrogen-bond acceptors (Lipinski definition) is 3. The van der Waals surface area contributed by atoms with E-state index in [1.165, 1.54) is 64.8 Å². The molecule has 1 aliphatic heterocycles. The Morgan fingerprint density at radius 2 is 2.00 bits per heavy atom. The lowest BCUT2D eigenvalue weighted by Gasteiger charge is -2.33. The van der Waals surface area contributed by atoms with Gasteiger partial charge in [-0.3, -0.25) is 4.90 Å². The van der Waals surface area contributed by atoms with Gasteiger partial charge in [-0.25, -0.2) is 0 Å². The predicted molar refractivity (Wildman–Crippen MR) is 82.6 cm³/mol. The van der Waals surface area contributed by atoms with Crippen molar-refractivity contribution in [3.8, 4) is 0 Å². The molecule has 2 atom stereocenters. The summed E-state index contributed by atoms with van der Waals surface area (Å²) in [6.45, 7) is 10.9. The Bertz CT molecular complexity index is 252. The van der Waals surface area contributed by atoms with Crippen LogP contribution in [0.2, 0.25) is 0 Å². The van der Waals surface area contributed by atoms with Gasteiger partial charge >= 0.3 is 0 Å². The molecule has 3 heteroatoms. The van der Waals surface area contributed by atoms with E-state index in [1.807, 2.05) is 0 Å². The van der Waals surface area contributed by atoms with Crippen LogP contribution >= 0.6 is 0 Å². The maximum Gasteiger partial charge on any atom is 0.0223 e. The highest BCUT2D eigenvalue weighted by molar-refractivity contribution is 4.90. The summed E-state index contributed by atoms with van der Waals surface area (Å²) in [7, 11) is 2.28. The summed E-state index contributed by atoms with van der Waals surface area (Å²) in [6, 6.07) is 1.51. The highest BCUT2D eigenvalue weighted by Gasteiger charge is 2.33. The Morgan fingerprint density at radius 1 is 1.21 bits per heavy atom. The van der Waals surface area contributed by atoms with Crippen molar-refractivity contribution >= 4 is 0 Å². The lowest BCUT2D eigenvalue weighted by Crippen LogP contribution is -2.48. The van der Waals surface area contributed by atoms with Gasteiger partial charge in [-0.2, -0.15) is 0 Å². The normalized spacial score (nSPS) is 28.3. The number of likely N-dealkylation sites (N-methyl/N-ethyl adjacent to an activating group) is 1. The van der Waals surface area contributed by atoms with Crippen LogP contribution in [0.5, 0.6) is 0 Å². The van der Waals surface area contributed by atoms with Crippen LogP contribution in [0.4, 0.5) is 0 Å². The molecule has 1 N–H and O–H groups in total. The van der Waals surface area contributed by atoms with Gasteiger partial charge in [-0.05, 0) is 64.7 Å². The summed E-state index contributed by atoms with van der Waals surface area (Å²) in [5, 5.41) is 3.80. The first-order valence-corrected chi connectivity index (χ1v) is 8.40. The van der Waals surface area contributed by atoms with Crippen LogP contribution in [0.1, 0.15) is 46.0 Å². The molecule has 0 aromatic carbocycles. The average Bonchev–Trinajstić information content (AvgIpc) is 3.23. The zero-order chi connectivity index (χ0) is 13.7. The van der Waals surface area contributed by atoms with Crippen molar-refractivity contribution in [2.75, 3.05) is 39.8 Å². The van der Waals surface area contributed by atoms with Crippen molar-refractivity contribution in [2.24, 2.45) is 5.92 Å². The molecule has 0 aromatic rings. The monoisotopic (exact) mass is 267 g/mol. The zero-order valence-electron chi connectivity index (χ0n) is 13.2. The smallest absolute Gasteiger partial charge is 0.0223 e.